The fourth-order valence-corrected chi connectivity index (χ4v) is 4.24. The molecule has 0 aliphatic heterocycles. The Morgan fingerprint density at radius 2 is 1.84 bits per heavy atom. The number of carbonyl (C=O) groups excluding carboxylic acids is 1. The number of anilines is 1. The smallest absolute Gasteiger partial charge is 0.322 e. The van der Waals surface area contributed by atoms with Gasteiger partial charge in [-0.2, -0.15) is 4.57 Å². The highest BCUT2D eigenvalue weighted by atomic mass is 35.5. The molecule has 0 unspecified atom stereocenters. The molecule has 162 valence electrons. The van der Waals surface area contributed by atoms with E-state index in [2.05, 4.69) is 10.3 Å². The Labute approximate surface area is 196 Å². The van der Waals surface area contributed by atoms with Gasteiger partial charge in [-0.1, -0.05) is 59.6 Å². The molecule has 0 fully saturated rings. The number of H-pyrrole nitrogens is 1. The predicted octanol–water partition coefficient (Wildman–Crippen LogP) is 5.66. The zero-order valence-corrected chi connectivity index (χ0v) is 19.3. The number of hydrogen-bond donors (Lipinski definition) is 2. The molecule has 1 aromatic heterocycles. The van der Waals surface area contributed by atoms with Gasteiger partial charge in [-0.25, -0.2) is 4.98 Å². The molecule has 1 amide bonds. The summed E-state index contributed by atoms with van der Waals surface area (Å²) in [5.41, 5.74) is 4.68. The first-order chi connectivity index (χ1) is 15.5. The SMILES string of the molecule is COc1ccc(Cl)cc1-[n+]1cc(-c2ccccc2)[nH]c1SCC(=O)Nc1ccc(C)cc1. The van der Waals surface area contributed by atoms with Gasteiger partial charge < -0.3 is 10.1 Å². The highest BCUT2D eigenvalue weighted by molar-refractivity contribution is 7.99. The van der Waals surface area contributed by atoms with Crippen LogP contribution in [0.5, 0.6) is 5.75 Å². The third-order valence-corrected chi connectivity index (χ3v) is 6.09. The van der Waals surface area contributed by atoms with Gasteiger partial charge in [0, 0.05) is 22.3 Å². The molecule has 1 heterocycles. The monoisotopic (exact) mass is 464 g/mol. The largest absolute Gasteiger partial charge is 0.492 e. The maximum absolute atomic E-state index is 12.6. The van der Waals surface area contributed by atoms with Crippen LogP contribution >= 0.6 is 23.4 Å². The lowest BCUT2D eigenvalue weighted by molar-refractivity contribution is -0.635. The summed E-state index contributed by atoms with van der Waals surface area (Å²) in [5, 5.41) is 4.34. The number of hydrogen-bond acceptors (Lipinski definition) is 3. The van der Waals surface area contributed by atoms with Crippen molar-refractivity contribution in [3.63, 3.8) is 0 Å². The van der Waals surface area contributed by atoms with Crippen LogP contribution in [-0.4, -0.2) is 23.8 Å². The summed E-state index contributed by atoms with van der Waals surface area (Å²) in [6.07, 6.45) is 1.99. The number of aromatic nitrogens is 2. The number of methoxy groups -OCH3 is 1. The van der Waals surface area contributed by atoms with Crippen LogP contribution in [0.15, 0.2) is 84.1 Å². The summed E-state index contributed by atoms with van der Waals surface area (Å²) in [7, 11) is 1.62. The third-order valence-electron chi connectivity index (χ3n) is 4.88. The number of halogens is 1. The molecule has 0 atom stereocenters. The summed E-state index contributed by atoms with van der Waals surface area (Å²) >= 11 is 7.69. The molecule has 5 nitrogen and oxygen atoms in total. The second kappa shape index (κ2) is 9.94. The van der Waals surface area contributed by atoms with E-state index < -0.39 is 0 Å². The first-order valence-corrected chi connectivity index (χ1v) is 11.4. The average molecular weight is 465 g/mol. The first-order valence-electron chi connectivity index (χ1n) is 10.1. The highest BCUT2D eigenvalue weighted by Gasteiger charge is 2.23. The molecule has 0 saturated carbocycles. The van der Waals surface area contributed by atoms with Crippen LogP contribution in [0.25, 0.3) is 16.9 Å². The van der Waals surface area contributed by atoms with Crippen LogP contribution in [0.1, 0.15) is 5.56 Å². The topological polar surface area (TPSA) is 58.0 Å². The van der Waals surface area contributed by atoms with E-state index in [0.29, 0.717) is 10.8 Å². The Morgan fingerprint density at radius 3 is 2.56 bits per heavy atom. The number of imidazole rings is 1. The van der Waals surface area contributed by atoms with Gasteiger partial charge in [0.15, 0.2) is 17.1 Å². The van der Waals surface area contributed by atoms with Crippen molar-refractivity contribution in [3.05, 3.63) is 89.6 Å². The Bertz CT molecular complexity index is 1220. The van der Waals surface area contributed by atoms with Crippen molar-refractivity contribution in [2.24, 2.45) is 0 Å². The van der Waals surface area contributed by atoms with Gasteiger partial charge in [-0.05, 0) is 43.0 Å². The van der Waals surface area contributed by atoms with E-state index in [9.17, 15) is 4.79 Å². The van der Waals surface area contributed by atoms with Gasteiger partial charge in [0.05, 0.1) is 12.9 Å². The van der Waals surface area contributed by atoms with Crippen molar-refractivity contribution >= 4 is 35.0 Å². The molecule has 0 aliphatic rings. The van der Waals surface area contributed by atoms with Gasteiger partial charge in [0.2, 0.25) is 5.91 Å². The zero-order valence-electron chi connectivity index (χ0n) is 17.8. The number of aryl methyl sites for hydroxylation is 1. The normalized spacial score (nSPS) is 10.7. The average Bonchev–Trinajstić information content (AvgIpc) is 3.24. The molecule has 3 aromatic carbocycles. The van der Waals surface area contributed by atoms with Gasteiger partial charge in [-0.15, -0.1) is 0 Å². The van der Waals surface area contributed by atoms with E-state index >= 15 is 0 Å². The maximum atomic E-state index is 12.6. The van der Waals surface area contributed by atoms with Crippen molar-refractivity contribution in [2.45, 2.75) is 12.1 Å². The lowest BCUT2D eigenvalue weighted by Crippen LogP contribution is -2.32. The Kier molecular flexibility index (Phi) is 6.83. The number of amides is 1. The van der Waals surface area contributed by atoms with E-state index in [0.717, 1.165) is 33.4 Å². The molecule has 0 bridgehead atoms. The summed E-state index contributed by atoms with van der Waals surface area (Å²) in [5.74, 6) is 0.842. The third kappa shape index (κ3) is 5.15. The summed E-state index contributed by atoms with van der Waals surface area (Å²) in [6.45, 7) is 2.01. The predicted molar refractivity (Wildman–Crippen MR) is 130 cm³/mol. The first kappa shape index (κ1) is 22.0. The van der Waals surface area contributed by atoms with Crippen LogP contribution in [0.4, 0.5) is 5.69 Å². The Morgan fingerprint density at radius 1 is 1.09 bits per heavy atom. The number of rotatable bonds is 7. The van der Waals surface area contributed by atoms with E-state index in [1.807, 2.05) is 84.4 Å². The van der Waals surface area contributed by atoms with Crippen molar-refractivity contribution in [1.29, 1.82) is 0 Å². The van der Waals surface area contributed by atoms with Gasteiger partial charge in [0.1, 0.15) is 6.20 Å². The van der Waals surface area contributed by atoms with Crippen molar-refractivity contribution in [2.75, 3.05) is 18.2 Å². The number of thioether (sulfide) groups is 1. The van der Waals surface area contributed by atoms with Crippen molar-refractivity contribution in [1.82, 2.24) is 4.98 Å². The minimum Gasteiger partial charge on any atom is -0.492 e. The second-order valence-electron chi connectivity index (χ2n) is 7.23. The molecule has 7 heteroatoms. The molecular weight excluding hydrogens is 442 g/mol. The fraction of sp³-hybridized carbons (Fsp3) is 0.120. The number of nitrogens with one attached hydrogen (secondary N) is 2. The van der Waals surface area contributed by atoms with Crippen LogP contribution in [0.2, 0.25) is 5.02 Å². The number of carbonyl (C=O) groups is 1. The zero-order chi connectivity index (χ0) is 22.5. The Balaban J connectivity index is 1.63. The number of benzene rings is 3. The van der Waals surface area contributed by atoms with E-state index in [-0.39, 0.29) is 11.7 Å². The van der Waals surface area contributed by atoms with E-state index in [1.54, 1.807) is 13.2 Å². The summed E-state index contributed by atoms with van der Waals surface area (Å²) < 4.78 is 7.53. The molecule has 0 radical (unpaired) electrons. The quantitative estimate of drug-likeness (QED) is 0.274. The number of aromatic amines is 1. The standard InChI is InChI=1S/C25H22ClN3O2S/c1-17-8-11-20(12-9-17)27-24(30)16-32-25-28-21(18-6-4-3-5-7-18)15-29(25)22-14-19(26)10-13-23(22)31-2/h3-15H,16H2,1-2H3,(H,27,30)/p+1. The van der Waals surface area contributed by atoms with Crippen LogP contribution in [-0.2, 0) is 4.79 Å². The molecule has 2 N–H and O–H groups in total. The Hall–Kier alpha value is -3.22. The van der Waals surface area contributed by atoms with Crippen molar-refractivity contribution < 1.29 is 14.1 Å². The molecular formula is C25H23ClN3O2S+. The molecule has 0 saturated heterocycles. The molecule has 4 rings (SSSR count). The van der Waals surface area contributed by atoms with Gasteiger partial charge >= 0.3 is 5.16 Å². The fourth-order valence-electron chi connectivity index (χ4n) is 3.26. The van der Waals surface area contributed by atoms with Crippen LogP contribution < -0.4 is 14.6 Å². The van der Waals surface area contributed by atoms with Crippen LogP contribution in [0, 0.1) is 6.92 Å². The van der Waals surface area contributed by atoms with Crippen LogP contribution in [0.3, 0.4) is 0 Å². The molecule has 32 heavy (non-hydrogen) atoms. The lowest BCUT2D eigenvalue weighted by atomic mass is 10.2. The van der Waals surface area contributed by atoms with Gasteiger partial charge in [-0.3, -0.25) is 4.79 Å². The lowest BCUT2D eigenvalue weighted by Gasteiger charge is -2.07. The summed E-state index contributed by atoms with van der Waals surface area (Å²) in [4.78, 5) is 16.0. The van der Waals surface area contributed by atoms with Crippen molar-refractivity contribution in [3.8, 4) is 22.7 Å². The number of ether oxygens (including phenoxy) is 1. The number of nitrogens with zero attached hydrogens (tertiary/aromatic N) is 1. The minimum absolute atomic E-state index is 0.0840. The van der Waals surface area contributed by atoms with Gasteiger partial charge in [0.25, 0.3) is 0 Å². The van der Waals surface area contributed by atoms with E-state index in [1.165, 1.54) is 11.8 Å². The highest BCUT2D eigenvalue weighted by Crippen LogP contribution is 2.27. The second-order valence-corrected chi connectivity index (χ2v) is 8.63. The molecule has 0 aliphatic carbocycles. The molecule has 0 spiro atoms. The summed E-state index contributed by atoms with van der Waals surface area (Å²) in [6, 6.07) is 23.2. The maximum Gasteiger partial charge on any atom is 0.322 e. The van der Waals surface area contributed by atoms with E-state index in [4.69, 9.17) is 16.3 Å². The minimum atomic E-state index is -0.0840. The molecule has 4 aromatic rings.